The molecule has 0 spiro atoms. The molecular weight excluding hydrogens is 391 g/mol. The lowest BCUT2D eigenvalue weighted by atomic mass is 10.1. The largest absolute Gasteiger partial charge is 0.489 e. The summed E-state index contributed by atoms with van der Waals surface area (Å²) in [7, 11) is 0. The highest BCUT2D eigenvalue weighted by Crippen LogP contribution is 2.36. The molecule has 0 saturated carbocycles. The molecule has 1 amide bonds. The van der Waals surface area contributed by atoms with Crippen molar-refractivity contribution in [3.05, 3.63) is 53.6 Å². The average molecular weight is 411 g/mol. The second-order valence-electron chi connectivity index (χ2n) is 6.47. The van der Waals surface area contributed by atoms with E-state index in [-0.39, 0.29) is 28.3 Å². The third kappa shape index (κ3) is 5.90. The smallest absolute Gasteiger partial charge is 0.446 e. The van der Waals surface area contributed by atoms with Gasteiger partial charge in [-0.15, -0.1) is 0 Å². The van der Waals surface area contributed by atoms with Crippen molar-refractivity contribution >= 4 is 23.4 Å². The fraction of sp³-hybridized carbons (Fsp3) is 0.350. The molecule has 28 heavy (non-hydrogen) atoms. The van der Waals surface area contributed by atoms with Gasteiger partial charge in [-0.3, -0.25) is 4.79 Å². The van der Waals surface area contributed by atoms with Crippen LogP contribution in [0.3, 0.4) is 0 Å². The Labute approximate surface area is 165 Å². The van der Waals surface area contributed by atoms with Crippen LogP contribution in [0.2, 0.25) is 0 Å². The molecule has 8 heteroatoms. The van der Waals surface area contributed by atoms with E-state index >= 15 is 0 Å². The number of benzene rings is 2. The van der Waals surface area contributed by atoms with Crippen LogP contribution in [-0.4, -0.2) is 30.7 Å². The lowest BCUT2D eigenvalue weighted by Gasteiger charge is -2.16. The number of anilines is 1. The second kappa shape index (κ2) is 8.87. The first-order valence-electron chi connectivity index (χ1n) is 8.82. The number of thioether (sulfide) groups is 1. The maximum Gasteiger partial charge on any atom is 0.446 e. The number of amides is 1. The van der Waals surface area contributed by atoms with Crippen molar-refractivity contribution in [2.24, 2.45) is 0 Å². The number of hydrogen-bond donors (Lipinski definition) is 1. The van der Waals surface area contributed by atoms with Crippen molar-refractivity contribution < 1.29 is 27.4 Å². The van der Waals surface area contributed by atoms with Crippen LogP contribution in [0, 0.1) is 6.92 Å². The van der Waals surface area contributed by atoms with Gasteiger partial charge in [0.25, 0.3) is 5.91 Å². The minimum absolute atomic E-state index is 0.0278. The molecule has 2 aromatic rings. The van der Waals surface area contributed by atoms with E-state index in [0.717, 1.165) is 25.0 Å². The highest BCUT2D eigenvalue weighted by Gasteiger charge is 2.29. The number of alkyl halides is 3. The molecule has 3 rings (SSSR count). The summed E-state index contributed by atoms with van der Waals surface area (Å²) >= 11 is -0.216. The van der Waals surface area contributed by atoms with E-state index in [1.54, 1.807) is 6.07 Å². The lowest BCUT2D eigenvalue weighted by Crippen LogP contribution is -2.18. The van der Waals surface area contributed by atoms with Crippen molar-refractivity contribution in [3.63, 3.8) is 0 Å². The Kier molecular flexibility index (Phi) is 6.51. The molecule has 1 N–H and O–H groups in total. The highest BCUT2D eigenvalue weighted by atomic mass is 32.2. The zero-order chi connectivity index (χ0) is 20.1. The van der Waals surface area contributed by atoms with E-state index in [1.165, 1.54) is 24.3 Å². The second-order valence-corrected chi connectivity index (χ2v) is 7.61. The van der Waals surface area contributed by atoms with Crippen LogP contribution >= 0.6 is 11.8 Å². The minimum atomic E-state index is -4.36. The molecule has 0 bridgehead atoms. The SMILES string of the molecule is Cc1ccc(NC(=O)c2ccc(SC(F)(F)F)cc2)c(OCC2CCCO2)c1. The third-order valence-electron chi connectivity index (χ3n) is 4.18. The standard InChI is InChI=1S/C20H20F3NO3S/c1-13-4-9-17(18(11-13)27-12-15-3-2-10-26-15)24-19(25)14-5-7-16(8-6-14)28-20(21,22)23/h4-9,11,15H,2-3,10,12H2,1H3,(H,24,25). The molecule has 2 aromatic carbocycles. The number of aryl methyl sites for hydroxylation is 1. The van der Waals surface area contributed by atoms with Crippen LogP contribution in [0.1, 0.15) is 28.8 Å². The molecule has 1 aliphatic rings. The van der Waals surface area contributed by atoms with Gasteiger partial charge < -0.3 is 14.8 Å². The maximum absolute atomic E-state index is 12.5. The summed E-state index contributed by atoms with van der Waals surface area (Å²) in [6, 6.07) is 10.7. The van der Waals surface area contributed by atoms with E-state index in [2.05, 4.69) is 5.32 Å². The van der Waals surface area contributed by atoms with Crippen molar-refractivity contribution in [2.75, 3.05) is 18.5 Å². The zero-order valence-electron chi connectivity index (χ0n) is 15.2. The molecule has 1 unspecified atom stereocenters. The van der Waals surface area contributed by atoms with Crippen molar-refractivity contribution in [1.29, 1.82) is 0 Å². The molecule has 1 fully saturated rings. The van der Waals surface area contributed by atoms with E-state index in [9.17, 15) is 18.0 Å². The van der Waals surface area contributed by atoms with Gasteiger partial charge in [0.05, 0.1) is 11.8 Å². The summed E-state index contributed by atoms with van der Waals surface area (Å²) in [5.74, 6) is 0.113. The Morgan fingerprint density at radius 2 is 2.00 bits per heavy atom. The Balaban J connectivity index is 1.67. The van der Waals surface area contributed by atoms with Crippen molar-refractivity contribution in [1.82, 2.24) is 0 Å². The summed E-state index contributed by atoms with van der Waals surface area (Å²) in [6.45, 7) is 3.05. The van der Waals surface area contributed by atoms with Gasteiger partial charge in [-0.2, -0.15) is 13.2 Å². The summed E-state index contributed by atoms with van der Waals surface area (Å²) in [4.78, 5) is 12.5. The number of rotatable bonds is 6. The molecule has 1 saturated heterocycles. The number of halogens is 3. The third-order valence-corrected chi connectivity index (χ3v) is 4.92. The number of carbonyl (C=O) groups is 1. The Morgan fingerprint density at radius 3 is 2.64 bits per heavy atom. The van der Waals surface area contributed by atoms with E-state index in [0.29, 0.717) is 18.0 Å². The zero-order valence-corrected chi connectivity index (χ0v) is 16.0. The Morgan fingerprint density at radius 1 is 1.25 bits per heavy atom. The van der Waals surface area contributed by atoms with Crippen LogP contribution in [0.15, 0.2) is 47.4 Å². The molecule has 0 radical (unpaired) electrons. The van der Waals surface area contributed by atoms with Crippen LogP contribution in [0.4, 0.5) is 18.9 Å². The van der Waals surface area contributed by atoms with Gasteiger partial charge >= 0.3 is 5.51 Å². The van der Waals surface area contributed by atoms with Gasteiger partial charge in [0, 0.05) is 17.1 Å². The van der Waals surface area contributed by atoms with Crippen LogP contribution < -0.4 is 10.1 Å². The fourth-order valence-corrected chi connectivity index (χ4v) is 3.35. The van der Waals surface area contributed by atoms with Crippen LogP contribution in [-0.2, 0) is 4.74 Å². The predicted octanol–water partition coefficient (Wildman–Crippen LogP) is 5.42. The Bertz CT molecular complexity index is 818. The average Bonchev–Trinajstić information content (AvgIpc) is 3.14. The quantitative estimate of drug-likeness (QED) is 0.645. The molecule has 1 aliphatic heterocycles. The van der Waals surface area contributed by atoms with Gasteiger partial charge in [-0.05, 0) is 73.5 Å². The van der Waals surface area contributed by atoms with E-state index in [1.807, 2.05) is 19.1 Å². The van der Waals surface area contributed by atoms with Gasteiger partial charge in [-0.1, -0.05) is 6.07 Å². The van der Waals surface area contributed by atoms with Crippen molar-refractivity contribution in [2.45, 2.75) is 36.3 Å². The van der Waals surface area contributed by atoms with Gasteiger partial charge in [0.1, 0.15) is 12.4 Å². The first-order valence-corrected chi connectivity index (χ1v) is 9.64. The number of carbonyl (C=O) groups excluding carboxylic acids is 1. The Hall–Kier alpha value is -2.19. The molecule has 0 aromatic heterocycles. The lowest BCUT2D eigenvalue weighted by molar-refractivity contribution is -0.0328. The fourth-order valence-electron chi connectivity index (χ4n) is 2.81. The molecule has 1 atom stereocenters. The molecule has 1 heterocycles. The van der Waals surface area contributed by atoms with Crippen molar-refractivity contribution in [3.8, 4) is 5.75 Å². The van der Waals surface area contributed by atoms with Gasteiger partial charge in [0.2, 0.25) is 0 Å². The molecule has 150 valence electrons. The molecule has 0 aliphatic carbocycles. The maximum atomic E-state index is 12.5. The summed E-state index contributed by atoms with van der Waals surface area (Å²) in [5, 5.41) is 2.76. The van der Waals surface area contributed by atoms with Crippen LogP contribution in [0.25, 0.3) is 0 Å². The number of nitrogens with one attached hydrogen (secondary N) is 1. The topological polar surface area (TPSA) is 47.6 Å². The first-order chi connectivity index (χ1) is 13.3. The first kappa shape index (κ1) is 20.5. The van der Waals surface area contributed by atoms with Gasteiger partial charge in [0.15, 0.2) is 0 Å². The monoisotopic (exact) mass is 411 g/mol. The van der Waals surface area contributed by atoms with E-state index < -0.39 is 11.4 Å². The summed E-state index contributed by atoms with van der Waals surface area (Å²) < 4.78 is 48.6. The summed E-state index contributed by atoms with van der Waals surface area (Å²) in [5.41, 5.74) is -2.62. The summed E-state index contributed by atoms with van der Waals surface area (Å²) in [6.07, 6.45) is 1.99. The highest BCUT2D eigenvalue weighted by molar-refractivity contribution is 8.00. The van der Waals surface area contributed by atoms with Crippen LogP contribution in [0.5, 0.6) is 5.75 Å². The molecule has 4 nitrogen and oxygen atoms in total. The number of hydrogen-bond acceptors (Lipinski definition) is 4. The molecular formula is C20H20F3NO3S. The van der Waals surface area contributed by atoms with E-state index in [4.69, 9.17) is 9.47 Å². The number of ether oxygens (including phenoxy) is 2. The van der Waals surface area contributed by atoms with Gasteiger partial charge in [-0.25, -0.2) is 0 Å². The minimum Gasteiger partial charge on any atom is -0.489 e. The normalized spacial score (nSPS) is 16.8. The predicted molar refractivity (Wildman–Crippen MR) is 102 cm³/mol.